The Morgan fingerprint density at radius 2 is 1.72 bits per heavy atom. The summed E-state index contributed by atoms with van der Waals surface area (Å²) >= 11 is 0. The fourth-order valence-corrected chi connectivity index (χ4v) is 1.86. The summed E-state index contributed by atoms with van der Waals surface area (Å²) in [5.74, 6) is 0.113. The minimum absolute atomic E-state index is 0. The second kappa shape index (κ2) is 7.19. The van der Waals surface area contributed by atoms with Crippen molar-refractivity contribution in [3.63, 3.8) is 0 Å². The number of rotatable bonds is 2. The highest BCUT2D eigenvalue weighted by molar-refractivity contribution is 5.91. The second-order valence-electron chi connectivity index (χ2n) is 4.37. The van der Waals surface area contributed by atoms with Crippen LogP contribution in [0.25, 0.3) is 6.08 Å². The van der Waals surface area contributed by atoms with Crippen LogP contribution in [0.1, 0.15) is 5.56 Å². The van der Waals surface area contributed by atoms with Crippen LogP contribution in [0.2, 0.25) is 0 Å². The average Bonchev–Trinajstić information content (AvgIpc) is 2.38. The molecule has 1 aromatic rings. The predicted molar refractivity (Wildman–Crippen MR) is 76.8 cm³/mol. The fraction of sp³-hybridized carbons (Fsp3) is 0.357. The molecule has 1 aliphatic heterocycles. The molecular formula is C14H19ClN2O. The summed E-state index contributed by atoms with van der Waals surface area (Å²) in [7, 11) is 2.08. The number of piperazine rings is 1. The van der Waals surface area contributed by atoms with E-state index in [9.17, 15) is 4.79 Å². The van der Waals surface area contributed by atoms with Crippen molar-refractivity contribution >= 4 is 24.4 Å². The highest BCUT2D eigenvalue weighted by Crippen LogP contribution is 2.04. The lowest BCUT2D eigenvalue weighted by molar-refractivity contribution is -0.127. The number of halogens is 1. The van der Waals surface area contributed by atoms with Crippen LogP contribution in [0, 0.1) is 0 Å². The predicted octanol–water partition coefficient (Wildman–Crippen LogP) is 1.90. The third-order valence-electron chi connectivity index (χ3n) is 3.03. The molecule has 0 atom stereocenters. The van der Waals surface area contributed by atoms with E-state index in [0.29, 0.717) is 0 Å². The van der Waals surface area contributed by atoms with E-state index in [1.54, 1.807) is 6.08 Å². The lowest BCUT2D eigenvalue weighted by Crippen LogP contribution is -2.46. The van der Waals surface area contributed by atoms with Crippen LogP contribution in [-0.2, 0) is 4.79 Å². The number of amides is 1. The Hall–Kier alpha value is -1.32. The van der Waals surface area contributed by atoms with E-state index in [2.05, 4.69) is 11.9 Å². The van der Waals surface area contributed by atoms with Gasteiger partial charge in [0.15, 0.2) is 0 Å². The van der Waals surface area contributed by atoms with E-state index in [1.807, 2.05) is 41.3 Å². The normalized spacial score (nSPS) is 16.6. The molecule has 1 aliphatic rings. The van der Waals surface area contributed by atoms with Crippen molar-refractivity contribution in [2.24, 2.45) is 0 Å². The van der Waals surface area contributed by atoms with Gasteiger partial charge in [0.05, 0.1) is 0 Å². The number of carbonyl (C=O) groups is 1. The lowest BCUT2D eigenvalue weighted by Gasteiger charge is -2.31. The van der Waals surface area contributed by atoms with Crippen LogP contribution < -0.4 is 0 Å². The Labute approximate surface area is 114 Å². The van der Waals surface area contributed by atoms with Crippen LogP contribution in [0.15, 0.2) is 36.4 Å². The van der Waals surface area contributed by atoms with Crippen LogP contribution >= 0.6 is 12.4 Å². The maximum atomic E-state index is 11.9. The smallest absolute Gasteiger partial charge is 0.246 e. The molecule has 0 spiro atoms. The van der Waals surface area contributed by atoms with Gasteiger partial charge in [-0.15, -0.1) is 12.4 Å². The molecule has 3 nitrogen and oxygen atoms in total. The molecule has 1 heterocycles. The first kappa shape index (κ1) is 14.7. The Bertz CT molecular complexity index is 398. The first-order valence-electron chi connectivity index (χ1n) is 5.96. The molecule has 0 radical (unpaired) electrons. The summed E-state index contributed by atoms with van der Waals surface area (Å²) in [5, 5.41) is 0. The SMILES string of the molecule is CN1CCN(C(=O)/C=C/c2ccccc2)CC1.Cl. The standard InChI is InChI=1S/C14H18N2O.ClH/c1-15-9-11-16(12-10-15)14(17)8-7-13-5-3-2-4-6-13;/h2-8H,9-12H2,1H3;1H/b8-7+;. The van der Waals surface area contributed by atoms with E-state index in [1.165, 1.54) is 0 Å². The van der Waals surface area contributed by atoms with Gasteiger partial charge in [-0.2, -0.15) is 0 Å². The molecule has 0 unspecified atom stereocenters. The maximum absolute atomic E-state index is 11.9. The molecule has 1 fully saturated rings. The number of carbonyl (C=O) groups excluding carboxylic acids is 1. The molecule has 18 heavy (non-hydrogen) atoms. The summed E-state index contributed by atoms with van der Waals surface area (Å²) < 4.78 is 0. The van der Waals surface area contributed by atoms with Crippen LogP contribution in [-0.4, -0.2) is 48.9 Å². The summed E-state index contributed by atoms with van der Waals surface area (Å²) in [4.78, 5) is 16.0. The molecule has 0 aromatic heterocycles. The van der Waals surface area contributed by atoms with E-state index in [-0.39, 0.29) is 18.3 Å². The molecular weight excluding hydrogens is 248 g/mol. The summed E-state index contributed by atoms with van der Waals surface area (Å²) in [6.45, 7) is 3.58. The Kier molecular flexibility index (Phi) is 5.89. The minimum atomic E-state index is 0. The molecule has 0 saturated carbocycles. The lowest BCUT2D eigenvalue weighted by atomic mass is 10.2. The van der Waals surface area contributed by atoms with E-state index in [4.69, 9.17) is 0 Å². The topological polar surface area (TPSA) is 23.6 Å². The van der Waals surface area contributed by atoms with Gasteiger partial charge in [0.2, 0.25) is 5.91 Å². The average molecular weight is 267 g/mol. The van der Waals surface area contributed by atoms with Crippen molar-refractivity contribution in [1.82, 2.24) is 9.80 Å². The highest BCUT2D eigenvalue weighted by atomic mass is 35.5. The fourth-order valence-electron chi connectivity index (χ4n) is 1.86. The minimum Gasteiger partial charge on any atom is -0.337 e. The number of nitrogens with zero attached hydrogens (tertiary/aromatic N) is 2. The van der Waals surface area contributed by atoms with Crippen molar-refractivity contribution in [2.75, 3.05) is 33.2 Å². The van der Waals surface area contributed by atoms with Gasteiger partial charge in [0, 0.05) is 32.3 Å². The molecule has 0 aliphatic carbocycles. The Balaban J connectivity index is 0.00000162. The Morgan fingerprint density at radius 3 is 2.33 bits per heavy atom. The number of benzene rings is 1. The van der Waals surface area contributed by atoms with Crippen molar-refractivity contribution in [3.05, 3.63) is 42.0 Å². The van der Waals surface area contributed by atoms with Crippen molar-refractivity contribution in [3.8, 4) is 0 Å². The third kappa shape index (κ3) is 4.17. The number of likely N-dealkylation sites (N-methyl/N-ethyl adjacent to an activating group) is 1. The monoisotopic (exact) mass is 266 g/mol. The summed E-state index contributed by atoms with van der Waals surface area (Å²) in [6.07, 6.45) is 3.54. The summed E-state index contributed by atoms with van der Waals surface area (Å²) in [6, 6.07) is 9.90. The molecule has 4 heteroatoms. The van der Waals surface area contributed by atoms with Gasteiger partial charge in [0.25, 0.3) is 0 Å². The van der Waals surface area contributed by atoms with Crippen LogP contribution in [0.5, 0.6) is 0 Å². The van der Waals surface area contributed by atoms with E-state index >= 15 is 0 Å². The van der Waals surface area contributed by atoms with Gasteiger partial charge in [-0.3, -0.25) is 4.79 Å². The zero-order chi connectivity index (χ0) is 12.1. The van der Waals surface area contributed by atoms with Crippen LogP contribution in [0.3, 0.4) is 0 Å². The molecule has 1 aromatic carbocycles. The third-order valence-corrected chi connectivity index (χ3v) is 3.03. The zero-order valence-electron chi connectivity index (χ0n) is 10.6. The van der Waals surface area contributed by atoms with Gasteiger partial charge >= 0.3 is 0 Å². The first-order chi connectivity index (χ1) is 8.25. The van der Waals surface area contributed by atoms with E-state index < -0.39 is 0 Å². The number of hydrogen-bond acceptors (Lipinski definition) is 2. The first-order valence-corrected chi connectivity index (χ1v) is 5.96. The van der Waals surface area contributed by atoms with Crippen molar-refractivity contribution in [2.45, 2.75) is 0 Å². The molecule has 1 amide bonds. The zero-order valence-corrected chi connectivity index (χ0v) is 11.4. The number of hydrogen-bond donors (Lipinski definition) is 0. The largest absolute Gasteiger partial charge is 0.337 e. The van der Waals surface area contributed by atoms with Crippen molar-refractivity contribution < 1.29 is 4.79 Å². The van der Waals surface area contributed by atoms with E-state index in [0.717, 1.165) is 31.7 Å². The Morgan fingerprint density at radius 1 is 1.11 bits per heavy atom. The molecule has 98 valence electrons. The second-order valence-corrected chi connectivity index (χ2v) is 4.37. The van der Waals surface area contributed by atoms with Gasteiger partial charge in [-0.25, -0.2) is 0 Å². The molecule has 0 N–H and O–H groups in total. The summed E-state index contributed by atoms with van der Waals surface area (Å²) in [5.41, 5.74) is 1.06. The molecule has 0 bridgehead atoms. The highest BCUT2D eigenvalue weighted by Gasteiger charge is 2.16. The van der Waals surface area contributed by atoms with Gasteiger partial charge in [-0.1, -0.05) is 30.3 Å². The quantitative estimate of drug-likeness (QED) is 0.764. The molecule has 1 saturated heterocycles. The maximum Gasteiger partial charge on any atom is 0.246 e. The van der Waals surface area contributed by atoms with Gasteiger partial charge in [0.1, 0.15) is 0 Å². The van der Waals surface area contributed by atoms with Crippen LogP contribution in [0.4, 0.5) is 0 Å². The van der Waals surface area contributed by atoms with Crippen molar-refractivity contribution in [1.29, 1.82) is 0 Å². The molecule has 2 rings (SSSR count). The van der Waals surface area contributed by atoms with Gasteiger partial charge < -0.3 is 9.80 Å². The van der Waals surface area contributed by atoms with Gasteiger partial charge in [-0.05, 0) is 18.7 Å².